The SMILES string of the molecule is NC(=S)c1c(Cc2ccc(Cl)cc2)[nH]c2ccc(CN3CCOCC3)cc2c1=O. The van der Waals surface area contributed by atoms with E-state index >= 15 is 0 Å². The number of fused-ring (bicyclic) bond motifs is 1. The van der Waals surface area contributed by atoms with Crippen LogP contribution in [0.15, 0.2) is 47.3 Å². The van der Waals surface area contributed by atoms with Gasteiger partial charge in [-0.2, -0.15) is 0 Å². The second-order valence-corrected chi connectivity index (χ2v) is 8.12. The molecular formula is C22H22ClN3O2S. The van der Waals surface area contributed by atoms with Crippen molar-refractivity contribution in [1.29, 1.82) is 0 Å². The third-order valence-electron chi connectivity index (χ3n) is 5.19. The molecule has 0 saturated carbocycles. The topological polar surface area (TPSA) is 71.3 Å². The van der Waals surface area contributed by atoms with E-state index in [1.54, 1.807) is 0 Å². The molecule has 0 atom stereocenters. The van der Waals surface area contributed by atoms with Gasteiger partial charge >= 0.3 is 0 Å². The lowest BCUT2D eigenvalue weighted by atomic mass is 10.0. The number of nitrogens with two attached hydrogens (primary N) is 1. The Bertz CT molecular complexity index is 1110. The molecule has 7 heteroatoms. The molecule has 3 aromatic rings. The van der Waals surface area contributed by atoms with Crippen LogP contribution >= 0.6 is 23.8 Å². The summed E-state index contributed by atoms with van der Waals surface area (Å²) in [6.45, 7) is 4.06. The van der Waals surface area contributed by atoms with E-state index in [-0.39, 0.29) is 10.4 Å². The van der Waals surface area contributed by atoms with E-state index in [4.69, 9.17) is 34.3 Å². The second-order valence-electron chi connectivity index (χ2n) is 7.24. The van der Waals surface area contributed by atoms with Gasteiger partial charge in [-0.15, -0.1) is 0 Å². The largest absolute Gasteiger partial charge is 0.389 e. The highest BCUT2D eigenvalue weighted by Gasteiger charge is 2.16. The lowest BCUT2D eigenvalue weighted by molar-refractivity contribution is 0.0342. The lowest BCUT2D eigenvalue weighted by Crippen LogP contribution is -2.35. The van der Waals surface area contributed by atoms with E-state index < -0.39 is 0 Å². The maximum Gasteiger partial charge on any atom is 0.199 e. The first kappa shape index (κ1) is 20.0. The summed E-state index contributed by atoms with van der Waals surface area (Å²) < 4.78 is 5.41. The van der Waals surface area contributed by atoms with Crippen LogP contribution in [0.5, 0.6) is 0 Å². The molecule has 1 aliphatic heterocycles. The number of halogens is 1. The Balaban J connectivity index is 1.72. The standard InChI is InChI=1S/C22H22ClN3O2S/c23-16-4-1-14(2-5-16)12-19-20(22(24)29)21(27)17-11-15(3-6-18(17)25-19)13-26-7-9-28-10-8-26/h1-6,11H,7-10,12-13H2,(H2,24,29)(H,25,27). The fraction of sp³-hybridized carbons (Fsp3) is 0.273. The van der Waals surface area contributed by atoms with Crippen molar-refractivity contribution in [2.24, 2.45) is 5.73 Å². The Kier molecular flexibility index (Phi) is 5.96. The molecule has 4 rings (SSSR count). The molecule has 0 amide bonds. The van der Waals surface area contributed by atoms with Crippen LogP contribution in [0, 0.1) is 0 Å². The van der Waals surface area contributed by atoms with Crippen molar-refractivity contribution in [3.63, 3.8) is 0 Å². The molecule has 0 spiro atoms. The first-order valence-corrected chi connectivity index (χ1v) is 10.3. The Morgan fingerprint density at radius 1 is 1.14 bits per heavy atom. The van der Waals surface area contributed by atoms with Crippen molar-refractivity contribution in [1.82, 2.24) is 9.88 Å². The van der Waals surface area contributed by atoms with Crippen LogP contribution in [0.4, 0.5) is 0 Å². The zero-order valence-electron chi connectivity index (χ0n) is 15.9. The van der Waals surface area contributed by atoms with Crippen LogP contribution < -0.4 is 11.2 Å². The van der Waals surface area contributed by atoms with E-state index in [1.807, 2.05) is 36.4 Å². The van der Waals surface area contributed by atoms with Crippen molar-refractivity contribution < 1.29 is 4.74 Å². The number of morpholine rings is 1. The van der Waals surface area contributed by atoms with Gasteiger partial charge in [0.1, 0.15) is 4.99 Å². The number of hydrogen-bond donors (Lipinski definition) is 2. The number of nitrogens with one attached hydrogen (secondary N) is 1. The molecule has 1 aromatic heterocycles. The molecule has 3 N–H and O–H groups in total. The summed E-state index contributed by atoms with van der Waals surface area (Å²) in [7, 11) is 0. The highest BCUT2D eigenvalue weighted by atomic mass is 35.5. The molecule has 0 unspecified atom stereocenters. The van der Waals surface area contributed by atoms with Crippen LogP contribution in [0.3, 0.4) is 0 Å². The number of benzene rings is 2. The van der Waals surface area contributed by atoms with Gasteiger partial charge in [-0.05, 0) is 35.4 Å². The summed E-state index contributed by atoms with van der Waals surface area (Å²) in [6.07, 6.45) is 0.518. The van der Waals surface area contributed by atoms with Crippen LogP contribution in [-0.2, 0) is 17.7 Å². The molecule has 1 fully saturated rings. The van der Waals surface area contributed by atoms with Gasteiger partial charge in [-0.3, -0.25) is 9.69 Å². The molecule has 5 nitrogen and oxygen atoms in total. The van der Waals surface area contributed by atoms with Gasteiger partial charge in [0, 0.05) is 47.7 Å². The minimum Gasteiger partial charge on any atom is -0.389 e. The quantitative estimate of drug-likeness (QED) is 0.611. The van der Waals surface area contributed by atoms with E-state index in [9.17, 15) is 4.79 Å². The maximum absolute atomic E-state index is 13.2. The first-order chi connectivity index (χ1) is 14.0. The lowest BCUT2D eigenvalue weighted by Gasteiger charge is -2.26. The Morgan fingerprint density at radius 2 is 1.83 bits per heavy atom. The van der Waals surface area contributed by atoms with Crippen LogP contribution in [0.1, 0.15) is 22.4 Å². The fourth-order valence-corrected chi connectivity index (χ4v) is 4.04. The van der Waals surface area contributed by atoms with Crippen molar-refractivity contribution in [2.75, 3.05) is 26.3 Å². The number of aromatic amines is 1. The fourth-order valence-electron chi connectivity index (χ4n) is 3.70. The monoisotopic (exact) mass is 427 g/mol. The Labute approximate surface area is 179 Å². The third kappa shape index (κ3) is 4.51. The number of ether oxygens (including phenoxy) is 1. The maximum atomic E-state index is 13.2. The normalized spacial score (nSPS) is 14.9. The number of pyridine rings is 1. The smallest absolute Gasteiger partial charge is 0.199 e. The summed E-state index contributed by atoms with van der Waals surface area (Å²) >= 11 is 11.2. The first-order valence-electron chi connectivity index (χ1n) is 9.53. The molecule has 0 bridgehead atoms. The summed E-state index contributed by atoms with van der Waals surface area (Å²) in [5.41, 5.74) is 9.80. The van der Waals surface area contributed by atoms with Gasteiger partial charge < -0.3 is 15.5 Å². The summed E-state index contributed by atoms with van der Waals surface area (Å²) in [5, 5.41) is 1.28. The predicted octanol–water partition coefficient (Wildman–Crippen LogP) is 3.24. The number of thiocarbonyl (C=S) groups is 1. The molecule has 150 valence electrons. The summed E-state index contributed by atoms with van der Waals surface area (Å²) in [4.78, 5) is 19.0. The molecule has 1 aliphatic rings. The number of rotatable bonds is 5. The van der Waals surface area contributed by atoms with Gasteiger partial charge in [0.05, 0.1) is 18.8 Å². The van der Waals surface area contributed by atoms with E-state index in [0.717, 1.165) is 55.2 Å². The van der Waals surface area contributed by atoms with Crippen LogP contribution in [-0.4, -0.2) is 41.2 Å². The summed E-state index contributed by atoms with van der Waals surface area (Å²) in [5.74, 6) is 0. The zero-order valence-corrected chi connectivity index (χ0v) is 17.5. The molecule has 29 heavy (non-hydrogen) atoms. The van der Waals surface area contributed by atoms with Crippen molar-refractivity contribution >= 4 is 39.7 Å². The van der Waals surface area contributed by atoms with E-state index in [1.165, 1.54) is 0 Å². The number of nitrogens with zero attached hydrogens (tertiary/aromatic N) is 1. The molecule has 0 radical (unpaired) electrons. The van der Waals surface area contributed by atoms with Gasteiger partial charge in [-0.25, -0.2) is 0 Å². The van der Waals surface area contributed by atoms with Crippen molar-refractivity contribution in [3.05, 3.63) is 80.1 Å². The average molecular weight is 428 g/mol. The molecule has 2 aromatic carbocycles. The van der Waals surface area contributed by atoms with Crippen LogP contribution in [0.2, 0.25) is 5.02 Å². The van der Waals surface area contributed by atoms with E-state index in [2.05, 4.69) is 16.0 Å². The third-order valence-corrected chi connectivity index (χ3v) is 5.65. The number of aromatic nitrogens is 1. The highest BCUT2D eigenvalue weighted by molar-refractivity contribution is 7.80. The van der Waals surface area contributed by atoms with Crippen molar-refractivity contribution in [2.45, 2.75) is 13.0 Å². The number of hydrogen-bond acceptors (Lipinski definition) is 4. The Morgan fingerprint density at radius 3 is 2.52 bits per heavy atom. The molecule has 2 heterocycles. The van der Waals surface area contributed by atoms with Crippen LogP contribution in [0.25, 0.3) is 10.9 Å². The van der Waals surface area contributed by atoms with Crippen molar-refractivity contribution in [3.8, 4) is 0 Å². The van der Waals surface area contributed by atoms with Gasteiger partial charge in [0.25, 0.3) is 0 Å². The van der Waals surface area contributed by atoms with Gasteiger partial charge in [-0.1, -0.05) is 42.0 Å². The van der Waals surface area contributed by atoms with Gasteiger partial charge in [0.2, 0.25) is 0 Å². The molecule has 1 saturated heterocycles. The summed E-state index contributed by atoms with van der Waals surface area (Å²) in [6, 6.07) is 13.5. The number of H-pyrrole nitrogens is 1. The second kappa shape index (κ2) is 8.63. The zero-order chi connectivity index (χ0) is 20.4. The predicted molar refractivity (Wildman–Crippen MR) is 121 cm³/mol. The minimum atomic E-state index is -0.126. The molecular weight excluding hydrogens is 406 g/mol. The minimum absolute atomic E-state index is 0.107. The van der Waals surface area contributed by atoms with Gasteiger partial charge in [0.15, 0.2) is 5.43 Å². The Hall–Kier alpha value is -2.25. The highest BCUT2D eigenvalue weighted by Crippen LogP contribution is 2.19. The van der Waals surface area contributed by atoms with E-state index in [0.29, 0.717) is 22.4 Å². The molecule has 0 aliphatic carbocycles. The average Bonchev–Trinajstić information content (AvgIpc) is 2.71.